The summed E-state index contributed by atoms with van der Waals surface area (Å²) in [5, 5.41) is 4.41. The van der Waals surface area contributed by atoms with Crippen LogP contribution in [0.3, 0.4) is 0 Å². The number of aromatic amines is 1. The lowest BCUT2D eigenvalue weighted by Gasteiger charge is -2.36. The highest BCUT2D eigenvalue weighted by atomic mass is 35.5. The van der Waals surface area contributed by atoms with E-state index in [1.807, 2.05) is 13.0 Å². The summed E-state index contributed by atoms with van der Waals surface area (Å²) in [6.07, 6.45) is 1.30. The Morgan fingerprint density at radius 3 is 2.70 bits per heavy atom. The number of benzene rings is 2. The number of pyridine rings is 1. The SMILES string of the molecule is CC1c2c(Cl)cc(Cl)cc2CCN1C(=O)CNc1cc2cc(C(=O)N3CC[C@H](N)C3)[nH]c(=O)c2cc1F. The lowest BCUT2D eigenvalue weighted by atomic mass is 9.93. The minimum absolute atomic E-state index is 0.0583. The first-order valence-electron chi connectivity index (χ1n) is 12.0. The molecule has 0 saturated carbocycles. The van der Waals surface area contributed by atoms with Gasteiger partial charge in [-0.25, -0.2) is 4.39 Å². The molecule has 37 heavy (non-hydrogen) atoms. The molecule has 194 valence electrons. The van der Waals surface area contributed by atoms with Crippen molar-refractivity contribution in [2.24, 2.45) is 5.73 Å². The second-order valence-corrected chi connectivity index (χ2v) is 10.4. The molecule has 2 aromatic carbocycles. The molecule has 3 aromatic rings. The molecule has 2 aliphatic rings. The van der Waals surface area contributed by atoms with Crippen LogP contribution < -0.4 is 16.6 Å². The smallest absolute Gasteiger partial charge is 0.270 e. The number of fused-ring (bicyclic) bond motifs is 2. The van der Waals surface area contributed by atoms with E-state index in [1.165, 1.54) is 12.1 Å². The van der Waals surface area contributed by atoms with Crippen LogP contribution in [0.15, 0.2) is 35.1 Å². The molecular weight excluding hydrogens is 520 g/mol. The largest absolute Gasteiger partial charge is 0.374 e. The summed E-state index contributed by atoms with van der Waals surface area (Å²) in [5.74, 6) is -1.23. The Hall–Kier alpha value is -3.14. The molecular formula is C26H26Cl2FN5O3. The highest BCUT2D eigenvalue weighted by Gasteiger charge is 2.30. The van der Waals surface area contributed by atoms with Gasteiger partial charge < -0.3 is 25.8 Å². The number of halogens is 3. The van der Waals surface area contributed by atoms with Crippen LogP contribution in [-0.2, 0) is 11.2 Å². The molecule has 11 heteroatoms. The first kappa shape index (κ1) is 25.5. The average Bonchev–Trinajstić information content (AvgIpc) is 3.28. The molecule has 5 rings (SSSR count). The van der Waals surface area contributed by atoms with E-state index >= 15 is 0 Å². The second-order valence-electron chi connectivity index (χ2n) is 9.56. The summed E-state index contributed by atoms with van der Waals surface area (Å²) in [6.45, 7) is 3.13. The average molecular weight is 546 g/mol. The highest BCUT2D eigenvalue weighted by Crippen LogP contribution is 2.37. The Morgan fingerprint density at radius 1 is 1.19 bits per heavy atom. The maximum Gasteiger partial charge on any atom is 0.270 e. The fourth-order valence-corrected chi connectivity index (χ4v) is 5.89. The Morgan fingerprint density at radius 2 is 1.97 bits per heavy atom. The molecule has 0 radical (unpaired) electrons. The molecule has 0 spiro atoms. The first-order valence-corrected chi connectivity index (χ1v) is 12.8. The topological polar surface area (TPSA) is 112 Å². The molecule has 1 unspecified atom stereocenters. The summed E-state index contributed by atoms with van der Waals surface area (Å²) in [5.41, 5.74) is 7.37. The van der Waals surface area contributed by atoms with E-state index in [4.69, 9.17) is 28.9 Å². The number of nitrogens with one attached hydrogen (secondary N) is 2. The fraction of sp³-hybridized carbons (Fsp3) is 0.346. The molecule has 2 aliphatic heterocycles. The van der Waals surface area contributed by atoms with Crippen molar-refractivity contribution < 1.29 is 14.0 Å². The third-order valence-electron chi connectivity index (χ3n) is 7.11. The van der Waals surface area contributed by atoms with Crippen LogP contribution in [0.1, 0.15) is 41.0 Å². The Kier molecular flexibility index (Phi) is 6.87. The van der Waals surface area contributed by atoms with Crippen molar-refractivity contribution in [3.8, 4) is 0 Å². The maximum absolute atomic E-state index is 14.8. The number of nitrogens with two attached hydrogens (primary N) is 1. The number of aromatic nitrogens is 1. The molecule has 1 saturated heterocycles. The summed E-state index contributed by atoms with van der Waals surface area (Å²) < 4.78 is 14.8. The molecule has 0 aliphatic carbocycles. The van der Waals surface area contributed by atoms with Gasteiger partial charge in [-0.2, -0.15) is 0 Å². The summed E-state index contributed by atoms with van der Waals surface area (Å²) in [4.78, 5) is 44.3. The zero-order valence-electron chi connectivity index (χ0n) is 20.1. The molecule has 4 N–H and O–H groups in total. The molecule has 1 fully saturated rings. The van der Waals surface area contributed by atoms with Gasteiger partial charge in [0.25, 0.3) is 11.5 Å². The van der Waals surface area contributed by atoms with Crippen molar-refractivity contribution >= 4 is 51.5 Å². The molecule has 8 nitrogen and oxygen atoms in total. The predicted octanol–water partition coefficient (Wildman–Crippen LogP) is 3.71. The third-order valence-corrected chi connectivity index (χ3v) is 7.64. The van der Waals surface area contributed by atoms with Crippen molar-refractivity contribution in [1.82, 2.24) is 14.8 Å². The number of carbonyl (C=O) groups is 2. The van der Waals surface area contributed by atoms with Crippen LogP contribution in [0.4, 0.5) is 10.1 Å². The second kappa shape index (κ2) is 9.96. The Bertz CT molecular complexity index is 1480. The van der Waals surface area contributed by atoms with Crippen molar-refractivity contribution in [1.29, 1.82) is 0 Å². The van der Waals surface area contributed by atoms with Crippen LogP contribution in [0.5, 0.6) is 0 Å². The summed E-state index contributed by atoms with van der Waals surface area (Å²) >= 11 is 12.5. The van der Waals surface area contributed by atoms with Crippen LogP contribution in [-0.4, -0.2) is 58.8 Å². The van der Waals surface area contributed by atoms with E-state index in [2.05, 4.69) is 10.3 Å². The number of hydrogen-bond donors (Lipinski definition) is 3. The van der Waals surface area contributed by atoms with E-state index in [0.717, 1.165) is 17.2 Å². The number of nitrogens with zero attached hydrogens (tertiary/aromatic N) is 2. The lowest BCUT2D eigenvalue weighted by Crippen LogP contribution is -2.42. The van der Waals surface area contributed by atoms with Gasteiger partial charge in [0.1, 0.15) is 11.5 Å². The standard InChI is InChI=1S/C26H26Cl2FN5O3/c1-13-24-14(6-16(27)9-19(24)28)2-5-34(13)23(35)11-31-21-7-15-8-22(26(37)33-4-3-17(30)12-33)32-25(36)18(15)10-20(21)29/h6-10,13,17,31H,2-5,11-12,30H2,1H3,(H,32,36)/t13?,17-/m0/s1. The van der Waals surface area contributed by atoms with Crippen molar-refractivity contribution in [2.75, 3.05) is 31.5 Å². The minimum Gasteiger partial charge on any atom is -0.374 e. The maximum atomic E-state index is 14.8. The zero-order chi connectivity index (χ0) is 26.4. The summed E-state index contributed by atoms with van der Waals surface area (Å²) in [7, 11) is 0. The monoisotopic (exact) mass is 545 g/mol. The lowest BCUT2D eigenvalue weighted by molar-refractivity contribution is -0.131. The number of carbonyl (C=O) groups excluding carboxylic acids is 2. The van der Waals surface area contributed by atoms with Crippen molar-refractivity contribution in [2.45, 2.75) is 31.8 Å². The van der Waals surface area contributed by atoms with Gasteiger partial charge in [0.2, 0.25) is 5.91 Å². The Labute approximate surface area is 222 Å². The van der Waals surface area contributed by atoms with Gasteiger partial charge in [-0.1, -0.05) is 23.2 Å². The zero-order valence-corrected chi connectivity index (χ0v) is 21.6. The van der Waals surface area contributed by atoms with E-state index in [0.29, 0.717) is 47.9 Å². The van der Waals surface area contributed by atoms with Crippen LogP contribution in [0.2, 0.25) is 10.0 Å². The van der Waals surface area contributed by atoms with Gasteiger partial charge in [0, 0.05) is 35.7 Å². The Balaban J connectivity index is 1.35. The number of hydrogen-bond acceptors (Lipinski definition) is 5. The number of likely N-dealkylation sites (tertiary alicyclic amines) is 1. The molecule has 1 aromatic heterocycles. The fourth-order valence-electron chi connectivity index (χ4n) is 5.20. The quantitative estimate of drug-likeness (QED) is 0.462. The van der Waals surface area contributed by atoms with Gasteiger partial charge >= 0.3 is 0 Å². The molecule has 2 atom stereocenters. The van der Waals surface area contributed by atoms with Crippen LogP contribution in [0.25, 0.3) is 10.8 Å². The van der Waals surface area contributed by atoms with E-state index in [9.17, 15) is 18.8 Å². The predicted molar refractivity (Wildman–Crippen MR) is 142 cm³/mol. The van der Waals surface area contributed by atoms with Gasteiger partial charge in [-0.15, -0.1) is 0 Å². The number of anilines is 1. The number of rotatable bonds is 4. The van der Waals surface area contributed by atoms with E-state index in [-0.39, 0.29) is 47.2 Å². The molecule has 3 heterocycles. The summed E-state index contributed by atoms with van der Waals surface area (Å²) in [6, 6.07) is 7.22. The van der Waals surface area contributed by atoms with Crippen molar-refractivity contribution in [3.05, 3.63) is 73.4 Å². The molecule has 2 amide bonds. The number of amides is 2. The van der Waals surface area contributed by atoms with Crippen molar-refractivity contribution in [3.63, 3.8) is 0 Å². The highest BCUT2D eigenvalue weighted by molar-refractivity contribution is 6.35. The first-order chi connectivity index (χ1) is 17.6. The number of H-pyrrole nitrogens is 1. The van der Waals surface area contributed by atoms with Gasteiger partial charge in [-0.3, -0.25) is 14.4 Å². The molecule has 0 bridgehead atoms. The van der Waals surface area contributed by atoms with Gasteiger partial charge in [0.15, 0.2) is 0 Å². The van der Waals surface area contributed by atoms with Crippen LogP contribution in [0, 0.1) is 5.82 Å². The minimum atomic E-state index is -0.676. The van der Waals surface area contributed by atoms with Gasteiger partial charge in [-0.05, 0) is 66.6 Å². The van der Waals surface area contributed by atoms with Crippen LogP contribution >= 0.6 is 23.2 Å². The van der Waals surface area contributed by atoms with Gasteiger partial charge in [0.05, 0.1) is 23.7 Å². The normalized spacial score (nSPS) is 19.3. The third kappa shape index (κ3) is 4.91. The van der Waals surface area contributed by atoms with E-state index in [1.54, 1.807) is 15.9 Å². The van der Waals surface area contributed by atoms with E-state index < -0.39 is 11.4 Å².